The zero-order valence-electron chi connectivity index (χ0n) is 11.9. The molecule has 0 aliphatic carbocycles. The Labute approximate surface area is 126 Å². The van der Waals surface area contributed by atoms with E-state index >= 15 is 0 Å². The van der Waals surface area contributed by atoms with Crippen LogP contribution in [-0.4, -0.2) is 44.3 Å². The van der Waals surface area contributed by atoms with Crippen LogP contribution in [0.1, 0.15) is 24.4 Å². The van der Waals surface area contributed by atoms with Crippen molar-refractivity contribution in [2.24, 2.45) is 5.92 Å². The monoisotopic (exact) mass is 294 g/mol. The summed E-state index contributed by atoms with van der Waals surface area (Å²) in [6, 6.07) is 8.95. The van der Waals surface area contributed by atoms with Gasteiger partial charge in [-0.05, 0) is 36.5 Å². The Morgan fingerprint density at radius 2 is 1.75 bits per heavy atom. The molecule has 1 aromatic rings. The predicted octanol–water partition coefficient (Wildman–Crippen LogP) is 2.71. The van der Waals surface area contributed by atoms with Crippen molar-refractivity contribution in [1.29, 1.82) is 0 Å². The number of rotatable bonds is 3. The van der Waals surface area contributed by atoms with Crippen molar-refractivity contribution in [1.82, 2.24) is 10.2 Å². The SMILES string of the molecule is Clc1ccc([C@H](C2CCOCC2)N2CCNCC2)cc1. The summed E-state index contributed by atoms with van der Waals surface area (Å²) in [6.45, 7) is 6.25. The average molecular weight is 295 g/mol. The number of hydrogen-bond acceptors (Lipinski definition) is 3. The average Bonchev–Trinajstić information content (AvgIpc) is 2.52. The Morgan fingerprint density at radius 3 is 2.40 bits per heavy atom. The summed E-state index contributed by atoms with van der Waals surface area (Å²) in [4.78, 5) is 2.63. The Morgan fingerprint density at radius 1 is 1.10 bits per heavy atom. The number of ether oxygens (including phenoxy) is 1. The Hall–Kier alpha value is -0.610. The maximum Gasteiger partial charge on any atom is 0.0469 e. The minimum atomic E-state index is 0.512. The minimum absolute atomic E-state index is 0.512. The van der Waals surface area contributed by atoms with Gasteiger partial charge in [-0.2, -0.15) is 0 Å². The molecular formula is C16H23ClN2O. The molecule has 1 aromatic carbocycles. The van der Waals surface area contributed by atoms with E-state index in [9.17, 15) is 0 Å². The van der Waals surface area contributed by atoms with Crippen molar-refractivity contribution in [3.8, 4) is 0 Å². The van der Waals surface area contributed by atoms with Crippen molar-refractivity contribution >= 4 is 11.6 Å². The second-order valence-electron chi connectivity index (χ2n) is 5.73. The van der Waals surface area contributed by atoms with Gasteiger partial charge >= 0.3 is 0 Å². The number of nitrogens with zero attached hydrogens (tertiary/aromatic N) is 1. The summed E-state index contributed by atoms with van der Waals surface area (Å²) in [5, 5.41) is 4.26. The minimum Gasteiger partial charge on any atom is -0.381 e. The van der Waals surface area contributed by atoms with E-state index in [1.54, 1.807) is 0 Å². The molecule has 3 rings (SSSR count). The highest BCUT2D eigenvalue weighted by Crippen LogP contribution is 2.35. The normalized spacial score (nSPS) is 23.6. The van der Waals surface area contributed by atoms with E-state index < -0.39 is 0 Å². The molecule has 0 bridgehead atoms. The molecular weight excluding hydrogens is 272 g/mol. The molecule has 1 atom stereocenters. The van der Waals surface area contributed by atoms with E-state index in [4.69, 9.17) is 16.3 Å². The van der Waals surface area contributed by atoms with Crippen molar-refractivity contribution in [2.75, 3.05) is 39.4 Å². The largest absolute Gasteiger partial charge is 0.381 e. The smallest absolute Gasteiger partial charge is 0.0469 e. The van der Waals surface area contributed by atoms with Crippen LogP contribution >= 0.6 is 11.6 Å². The molecule has 3 nitrogen and oxygen atoms in total. The van der Waals surface area contributed by atoms with Crippen LogP contribution < -0.4 is 5.32 Å². The summed E-state index contributed by atoms with van der Waals surface area (Å²) in [6.07, 6.45) is 2.33. The van der Waals surface area contributed by atoms with Gasteiger partial charge in [0.15, 0.2) is 0 Å². The molecule has 2 saturated heterocycles. The molecule has 20 heavy (non-hydrogen) atoms. The van der Waals surface area contributed by atoms with E-state index in [0.29, 0.717) is 12.0 Å². The van der Waals surface area contributed by atoms with Gasteiger partial charge in [0.05, 0.1) is 0 Å². The first-order valence-electron chi connectivity index (χ1n) is 7.62. The summed E-state index contributed by atoms with van der Waals surface area (Å²) in [5.74, 6) is 0.697. The van der Waals surface area contributed by atoms with E-state index in [-0.39, 0.29) is 0 Å². The topological polar surface area (TPSA) is 24.5 Å². The number of halogens is 1. The Kier molecular flexibility index (Phi) is 4.94. The van der Waals surface area contributed by atoms with E-state index in [1.807, 2.05) is 12.1 Å². The second kappa shape index (κ2) is 6.90. The first-order chi connectivity index (χ1) is 9.84. The zero-order chi connectivity index (χ0) is 13.8. The van der Waals surface area contributed by atoms with Crippen LogP contribution in [0.25, 0.3) is 0 Å². The van der Waals surface area contributed by atoms with Crippen molar-refractivity contribution in [3.63, 3.8) is 0 Å². The highest BCUT2D eigenvalue weighted by Gasteiger charge is 2.31. The van der Waals surface area contributed by atoms with Crippen molar-refractivity contribution < 1.29 is 4.74 Å². The van der Waals surface area contributed by atoms with Crippen molar-refractivity contribution in [2.45, 2.75) is 18.9 Å². The quantitative estimate of drug-likeness (QED) is 0.928. The molecule has 0 unspecified atom stereocenters. The number of hydrogen-bond donors (Lipinski definition) is 1. The lowest BCUT2D eigenvalue weighted by molar-refractivity contribution is 0.0213. The van der Waals surface area contributed by atoms with Gasteiger partial charge in [0.2, 0.25) is 0 Å². The second-order valence-corrected chi connectivity index (χ2v) is 6.17. The van der Waals surface area contributed by atoms with Crippen LogP contribution in [0.15, 0.2) is 24.3 Å². The van der Waals surface area contributed by atoms with Crippen LogP contribution in [0.3, 0.4) is 0 Å². The maximum absolute atomic E-state index is 6.04. The van der Waals surface area contributed by atoms with Crippen LogP contribution in [0.2, 0.25) is 5.02 Å². The molecule has 110 valence electrons. The summed E-state index contributed by atoms with van der Waals surface area (Å²) < 4.78 is 5.54. The summed E-state index contributed by atoms with van der Waals surface area (Å²) in [7, 11) is 0. The standard InChI is InChI=1S/C16H23ClN2O/c17-15-3-1-13(2-4-15)16(14-5-11-20-12-6-14)19-9-7-18-8-10-19/h1-4,14,16,18H,5-12H2/t16-/m1/s1. The maximum atomic E-state index is 6.04. The lowest BCUT2D eigenvalue weighted by Crippen LogP contribution is -2.47. The molecule has 0 saturated carbocycles. The van der Waals surface area contributed by atoms with Crippen LogP contribution in [0.5, 0.6) is 0 Å². The van der Waals surface area contributed by atoms with Gasteiger partial charge < -0.3 is 10.1 Å². The van der Waals surface area contributed by atoms with E-state index in [2.05, 4.69) is 22.3 Å². The first kappa shape index (κ1) is 14.3. The number of piperazine rings is 1. The molecule has 0 spiro atoms. The van der Waals surface area contributed by atoms with Crippen LogP contribution in [0, 0.1) is 5.92 Å². The summed E-state index contributed by atoms with van der Waals surface area (Å²) in [5.41, 5.74) is 1.41. The Balaban J connectivity index is 1.83. The van der Waals surface area contributed by atoms with E-state index in [1.165, 1.54) is 5.56 Å². The molecule has 0 radical (unpaired) electrons. The lowest BCUT2D eigenvalue weighted by atomic mass is 9.85. The Bertz CT molecular complexity index is 393. The summed E-state index contributed by atoms with van der Waals surface area (Å²) >= 11 is 6.04. The molecule has 4 heteroatoms. The van der Waals surface area contributed by atoms with Gasteiger partial charge in [-0.3, -0.25) is 4.90 Å². The predicted molar refractivity (Wildman–Crippen MR) is 82.2 cm³/mol. The molecule has 2 aliphatic heterocycles. The van der Waals surface area contributed by atoms with Gasteiger partial charge in [0.25, 0.3) is 0 Å². The third-order valence-electron chi connectivity index (χ3n) is 4.47. The fourth-order valence-electron chi connectivity index (χ4n) is 3.43. The van der Waals surface area contributed by atoms with Crippen LogP contribution in [0.4, 0.5) is 0 Å². The van der Waals surface area contributed by atoms with Gasteiger partial charge in [-0.15, -0.1) is 0 Å². The molecule has 2 fully saturated rings. The van der Waals surface area contributed by atoms with Crippen LogP contribution in [-0.2, 0) is 4.74 Å². The number of nitrogens with one attached hydrogen (secondary N) is 1. The van der Waals surface area contributed by atoms with Crippen molar-refractivity contribution in [3.05, 3.63) is 34.9 Å². The van der Waals surface area contributed by atoms with Gasteiger partial charge in [0, 0.05) is 50.5 Å². The van der Waals surface area contributed by atoms with Gasteiger partial charge in [-0.25, -0.2) is 0 Å². The van der Waals surface area contributed by atoms with Gasteiger partial charge in [-0.1, -0.05) is 23.7 Å². The zero-order valence-corrected chi connectivity index (χ0v) is 12.6. The third-order valence-corrected chi connectivity index (χ3v) is 4.72. The third kappa shape index (κ3) is 3.34. The van der Waals surface area contributed by atoms with E-state index in [0.717, 1.165) is 57.3 Å². The highest BCUT2D eigenvalue weighted by atomic mass is 35.5. The highest BCUT2D eigenvalue weighted by molar-refractivity contribution is 6.30. The molecule has 0 amide bonds. The van der Waals surface area contributed by atoms with Gasteiger partial charge in [0.1, 0.15) is 0 Å². The number of benzene rings is 1. The lowest BCUT2D eigenvalue weighted by Gasteiger charge is -2.41. The molecule has 0 aromatic heterocycles. The molecule has 2 aliphatic rings. The molecule has 2 heterocycles. The molecule has 1 N–H and O–H groups in total. The fraction of sp³-hybridized carbons (Fsp3) is 0.625. The fourth-order valence-corrected chi connectivity index (χ4v) is 3.56. The first-order valence-corrected chi connectivity index (χ1v) is 8.00.